The average Bonchev–Trinajstić information content (AvgIpc) is 2.62. The molecule has 2 aromatic carbocycles. The summed E-state index contributed by atoms with van der Waals surface area (Å²) in [6, 6.07) is 16.3. The smallest absolute Gasteiger partial charge is 0.343 e. The molecule has 134 valence electrons. The van der Waals surface area contributed by atoms with E-state index in [1.54, 1.807) is 24.3 Å². The molecule has 0 aliphatic heterocycles. The topological polar surface area (TPSA) is 26.3 Å². The Morgan fingerprint density at radius 1 is 1.00 bits per heavy atom. The number of aryl methyl sites for hydroxylation is 1. The van der Waals surface area contributed by atoms with E-state index in [2.05, 4.69) is 51.6 Å². The lowest BCUT2D eigenvalue weighted by molar-refractivity contribution is -0.129. The van der Waals surface area contributed by atoms with Crippen LogP contribution in [0.25, 0.3) is 0 Å². The molecule has 0 atom stereocenters. The second-order valence-electron chi connectivity index (χ2n) is 6.76. The molecule has 0 spiro atoms. The Morgan fingerprint density at radius 3 is 2.04 bits per heavy atom. The average molecular weight is 346 g/mol. The van der Waals surface area contributed by atoms with Crippen molar-refractivity contribution < 1.29 is 9.53 Å². The van der Waals surface area contributed by atoms with Gasteiger partial charge in [-0.2, -0.15) is 0 Å². The van der Waals surface area contributed by atoms with Gasteiger partial charge in [0.15, 0.2) is 0 Å². The van der Waals surface area contributed by atoms with E-state index < -0.39 is 5.97 Å². The van der Waals surface area contributed by atoms with Crippen molar-refractivity contribution >= 4 is 5.97 Å². The minimum absolute atomic E-state index is 0.130. The predicted octanol–water partition coefficient (Wildman–Crippen LogP) is 5.91. The van der Waals surface area contributed by atoms with Crippen molar-refractivity contribution in [2.45, 2.75) is 33.1 Å². The van der Waals surface area contributed by atoms with Crippen LogP contribution in [0.15, 0.2) is 85.0 Å². The molecule has 0 heterocycles. The van der Waals surface area contributed by atoms with Crippen LogP contribution in [-0.2, 0) is 10.2 Å². The van der Waals surface area contributed by atoms with Gasteiger partial charge in [-0.25, -0.2) is 4.79 Å². The Bertz CT molecular complexity index is 820. The van der Waals surface area contributed by atoms with Crippen molar-refractivity contribution in [1.29, 1.82) is 0 Å². The lowest BCUT2D eigenvalue weighted by Crippen LogP contribution is -2.18. The second kappa shape index (κ2) is 8.48. The summed E-state index contributed by atoms with van der Waals surface area (Å²) in [5.74, 6) is 0.131. The summed E-state index contributed by atoms with van der Waals surface area (Å²) in [7, 11) is 0. The van der Waals surface area contributed by atoms with Gasteiger partial charge in [0.25, 0.3) is 0 Å². The van der Waals surface area contributed by atoms with Gasteiger partial charge in [-0.15, -0.1) is 0 Å². The van der Waals surface area contributed by atoms with Crippen LogP contribution in [0.4, 0.5) is 0 Å². The van der Waals surface area contributed by atoms with E-state index in [-0.39, 0.29) is 5.41 Å². The third-order valence-corrected chi connectivity index (χ3v) is 4.44. The highest BCUT2D eigenvalue weighted by molar-refractivity contribution is 5.93. The largest absolute Gasteiger partial charge is 0.423 e. The summed E-state index contributed by atoms with van der Waals surface area (Å²) in [5.41, 5.74) is 3.99. The van der Waals surface area contributed by atoms with Crippen molar-refractivity contribution in [3.63, 3.8) is 0 Å². The van der Waals surface area contributed by atoms with Gasteiger partial charge >= 0.3 is 5.97 Å². The summed E-state index contributed by atoms with van der Waals surface area (Å²) in [6.07, 6.45) is 6.71. The molecule has 0 bridgehead atoms. The summed E-state index contributed by atoms with van der Waals surface area (Å²) in [6.45, 7) is 11.9. The maximum atomic E-state index is 12.2. The molecule has 0 radical (unpaired) electrons. The Kier molecular flexibility index (Phi) is 6.35. The fourth-order valence-electron chi connectivity index (χ4n) is 2.74. The summed E-state index contributed by atoms with van der Waals surface area (Å²) >= 11 is 0. The van der Waals surface area contributed by atoms with Crippen LogP contribution in [-0.4, -0.2) is 5.97 Å². The van der Waals surface area contributed by atoms with Crippen LogP contribution in [0.3, 0.4) is 0 Å². The van der Waals surface area contributed by atoms with Gasteiger partial charge in [-0.1, -0.05) is 80.6 Å². The number of esters is 1. The number of carbonyl (C=O) groups is 1. The standard InChI is InChI=1S/C24H26O2/c1-6-8-19(9-7-2)23(25)26-22-16-14-21(15-17-22)24(4,5)20-12-10-18(3)11-13-20/h6-17H,1H2,2-5H3/b9-7-,19-8+. The zero-order chi connectivity index (χ0) is 19.2. The molecular formula is C24H26O2. The molecule has 0 aliphatic carbocycles. The molecule has 2 rings (SSSR count). The van der Waals surface area contributed by atoms with Crippen LogP contribution in [0.5, 0.6) is 5.75 Å². The number of rotatable bonds is 6. The van der Waals surface area contributed by atoms with Gasteiger partial charge in [0.05, 0.1) is 5.57 Å². The fourth-order valence-corrected chi connectivity index (χ4v) is 2.74. The molecule has 2 heteroatoms. The van der Waals surface area contributed by atoms with Crippen LogP contribution in [0.2, 0.25) is 0 Å². The van der Waals surface area contributed by atoms with E-state index in [0.717, 1.165) is 5.56 Å². The quantitative estimate of drug-likeness (QED) is 0.281. The molecule has 0 saturated heterocycles. The molecule has 0 unspecified atom stereocenters. The highest BCUT2D eigenvalue weighted by Gasteiger charge is 2.23. The number of carbonyl (C=O) groups excluding carboxylic acids is 1. The molecule has 26 heavy (non-hydrogen) atoms. The lowest BCUT2D eigenvalue weighted by atomic mass is 9.78. The Hall–Kier alpha value is -2.87. The molecular weight excluding hydrogens is 320 g/mol. The lowest BCUT2D eigenvalue weighted by Gasteiger charge is -2.26. The van der Waals surface area contributed by atoms with Crippen molar-refractivity contribution in [1.82, 2.24) is 0 Å². The normalized spacial score (nSPS) is 12.2. The maximum absolute atomic E-state index is 12.2. The number of hydrogen-bond acceptors (Lipinski definition) is 2. The highest BCUT2D eigenvalue weighted by Crippen LogP contribution is 2.32. The molecule has 2 aromatic rings. The highest BCUT2D eigenvalue weighted by atomic mass is 16.5. The van der Waals surface area contributed by atoms with Crippen molar-refractivity contribution in [3.8, 4) is 5.75 Å². The van der Waals surface area contributed by atoms with Gasteiger partial charge in [-0.05, 0) is 43.2 Å². The minimum Gasteiger partial charge on any atom is -0.423 e. The van der Waals surface area contributed by atoms with Gasteiger partial charge < -0.3 is 4.74 Å². The zero-order valence-corrected chi connectivity index (χ0v) is 16.0. The number of allylic oxidation sites excluding steroid dienone is 3. The summed E-state index contributed by atoms with van der Waals surface area (Å²) in [4.78, 5) is 12.2. The van der Waals surface area contributed by atoms with Crippen LogP contribution in [0.1, 0.15) is 37.5 Å². The van der Waals surface area contributed by atoms with E-state index >= 15 is 0 Å². The van der Waals surface area contributed by atoms with Crippen molar-refractivity contribution in [2.24, 2.45) is 0 Å². The molecule has 2 nitrogen and oxygen atoms in total. The van der Waals surface area contributed by atoms with E-state index in [0.29, 0.717) is 11.3 Å². The van der Waals surface area contributed by atoms with Crippen molar-refractivity contribution in [2.75, 3.05) is 0 Å². The summed E-state index contributed by atoms with van der Waals surface area (Å²) < 4.78 is 5.46. The SMILES string of the molecule is C=C/C=C(\C=C/C)C(=O)Oc1ccc(C(C)(C)c2ccc(C)cc2)cc1. The molecule has 0 amide bonds. The molecule has 0 saturated carbocycles. The molecule has 0 fully saturated rings. The molecule has 0 aromatic heterocycles. The first-order chi connectivity index (χ1) is 12.4. The minimum atomic E-state index is -0.395. The monoisotopic (exact) mass is 346 g/mol. The molecule has 0 aliphatic rings. The molecule has 0 N–H and O–H groups in total. The fraction of sp³-hybridized carbons (Fsp3) is 0.208. The van der Waals surface area contributed by atoms with E-state index in [9.17, 15) is 4.79 Å². The van der Waals surface area contributed by atoms with E-state index in [1.807, 2.05) is 31.2 Å². The van der Waals surface area contributed by atoms with Crippen LogP contribution in [0, 0.1) is 6.92 Å². The maximum Gasteiger partial charge on any atom is 0.343 e. The Balaban J connectivity index is 2.19. The first-order valence-corrected chi connectivity index (χ1v) is 8.73. The van der Waals surface area contributed by atoms with Crippen molar-refractivity contribution in [3.05, 3.63) is 102 Å². The van der Waals surface area contributed by atoms with E-state index in [1.165, 1.54) is 11.1 Å². The van der Waals surface area contributed by atoms with E-state index in [4.69, 9.17) is 4.74 Å². The first kappa shape index (κ1) is 19.5. The summed E-state index contributed by atoms with van der Waals surface area (Å²) in [5, 5.41) is 0. The Morgan fingerprint density at radius 2 is 1.54 bits per heavy atom. The Labute approximate surface area is 156 Å². The number of hydrogen-bond donors (Lipinski definition) is 0. The van der Waals surface area contributed by atoms with Gasteiger partial charge in [0.1, 0.15) is 5.75 Å². The van der Waals surface area contributed by atoms with Gasteiger partial charge in [0.2, 0.25) is 0 Å². The van der Waals surface area contributed by atoms with Gasteiger partial charge in [0, 0.05) is 5.41 Å². The zero-order valence-electron chi connectivity index (χ0n) is 16.0. The first-order valence-electron chi connectivity index (χ1n) is 8.73. The van der Waals surface area contributed by atoms with Gasteiger partial charge in [-0.3, -0.25) is 0 Å². The second-order valence-corrected chi connectivity index (χ2v) is 6.76. The number of ether oxygens (including phenoxy) is 1. The van der Waals surface area contributed by atoms with Crippen LogP contribution < -0.4 is 4.74 Å². The predicted molar refractivity (Wildman–Crippen MR) is 108 cm³/mol. The third-order valence-electron chi connectivity index (χ3n) is 4.44. The van der Waals surface area contributed by atoms with Crippen LogP contribution >= 0.6 is 0 Å². The third kappa shape index (κ3) is 4.60. The number of benzene rings is 2.